The second-order valence-corrected chi connectivity index (χ2v) is 5.81. The Morgan fingerprint density at radius 3 is 2.65 bits per heavy atom. The fourth-order valence-corrected chi connectivity index (χ4v) is 1.76. The molecule has 0 aliphatic heterocycles. The van der Waals surface area contributed by atoms with Crippen molar-refractivity contribution in [2.75, 3.05) is 13.2 Å². The number of carbonyl (C=O) groups excluding carboxylic acids is 1. The van der Waals surface area contributed by atoms with Crippen molar-refractivity contribution < 1.29 is 19.7 Å². The highest BCUT2D eigenvalue weighted by Gasteiger charge is 2.17. The molecule has 20 heavy (non-hydrogen) atoms. The van der Waals surface area contributed by atoms with Gasteiger partial charge in [-0.2, -0.15) is 0 Å². The molecule has 1 amide bonds. The number of benzene rings is 1. The van der Waals surface area contributed by atoms with Crippen LogP contribution >= 0.6 is 0 Å². The minimum absolute atomic E-state index is 0.0501. The van der Waals surface area contributed by atoms with Crippen LogP contribution in [0.3, 0.4) is 0 Å². The second-order valence-electron chi connectivity index (χ2n) is 5.81. The third-order valence-corrected chi connectivity index (χ3v) is 2.63. The number of phenolic OH excluding ortho intramolecular Hbond substituents is 1. The molecule has 5 nitrogen and oxygen atoms in total. The second kappa shape index (κ2) is 7.14. The highest BCUT2D eigenvalue weighted by Crippen LogP contribution is 2.15. The van der Waals surface area contributed by atoms with Gasteiger partial charge in [-0.15, -0.1) is 0 Å². The maximum Gasteiger partial charge on any atom is 0.407 e. The highest BCUT2D eigenvalue weighted by atomic mass is 16.6. The Labute approximate surface area is 119 Å². The molecule has 0 aromatic heterocycles. The van der Waals surface area contributed by atoms with E-state index in [1.807, 2.05) is 6.07 Å². The number of rotatable bonds is 5. The molecular formula is C15H23NO4. The largest absolute Gasteiger partial charge is 0.508 e. The van der Waals surface area contributed by atoms with Gasteiger partial charge in [0.25, 0.3) is 0 Å². The van der Waals surface area contributed by atoms with Gasteiger partial charge in [-0.3, -0.25) is 0 Å². The third kappa shape index (κ3) is 6.43. The van der Waals surface area contributed by atoms with Crippen molar-refractivity contribution >= 4 is 6.09 Å². The van der Waals surface area contributed by atoms with Crippen molar-refractivity contribution in [3.8, 4) is 5.75 Å². The molecule has 1 unspecified atom stereocenters. The molecule has 0 bridgehead atoms. The van der Waals surface area contributed by atoms with Crippen molar-refractivity contribution in [3.05, 3.63) is 29.8 Å². The Morgan fingerprint density at radius 2 is 2.10 bits per heavy atom. The van der Waals surface area contributed by atoms with E-state index in [-0.39, 0.29) is 18.3 Å². The lowest BCUT2D eigenvalue weighted by Crippen LogP contribution is -2.36. The van der Waals surface area contributed by atoms with Gasteiger partial charge in [0.15, 0.2) is 0 Å². The van der Waals surface area contributed by atoms with Gasteiger partial charge in [-0.05, 0) is 44.9 Å². The Kier molecular flexibility index (Phi) is 5.82. The first-order valence-electron chi connectivity index (χ1n) is 6.66. The number of aromatic hydroxyl groups is 1. The molecule has 0 fully saturated rings. The average molecular weight is 281 g/mol. The standard InChI is InChI=1S/C15H23NO4/c1-15(2,3)20-14(19)16-9-12(10-17)7-11-5-4-6-13(18)8-11/h4-6,8,12,17-18H,7,9-10H2,1-3H3,(H,16,19). The van der Waals surface area contributed by atoms with Crippen LogP contribution in [0.25, 0.3) is 0 Å². The van der Waals surface area contributed by atoms with Crippen LogP contribution in [-0.4, -0.2) is 35.1 Å². The maximum absolute atomic E-state index is 11.5. The zero-order valence-electron chi connectivity index (χ0n) is 12.2. The minimum atomic E-state index is -0.538. The van der Waals surface area contributed by atoms with Gasteiger partial charge in [0.2, 0.25) is 0 Å². The van der Waals surface area contributed by atoms with E-state index in [1.54, 1.807) is 39.0 Å². The monoisotopic (exact) mass is 281 g/mol. The van der Waals surface area contributed by atoms with Crippen molar-refractivity contribution in [1.29, 1.82) is 0 Å². The molecule has 0 aliphatic rings. The maximum atomic E-state index is 11.5. The van der Waals surface area contributed by atoms with Gasteiger partial charge in [0.05, 0.1) is 0 Å². The van der Waals surface area contributed by atoms with Crippen LogP contribution < -0.4 is 5.32 Å². The van der Waals surface area contributed by atoms with Crippen LogP contribution in [-0.2, 0) is 11.2 Å². The molecule has 3 N–H and O–H groups in total. The van der Waals surface area contributed by atoms with Crippen molar-refractivity contribution in [2.45, 2.75) is 32.8 Å². The zero-order chi connectivity index (χ0) is 15.2. The first-order chi connectivity index (χ1) is 9.30. The summed E-state index contributed by atoms with van der Waals surface area (Å²) < 4.78 is 5.13. The third-order valence-electron chi connectivity index (χ3n) is 2.63. The summed E-state index contributed by atoms with van der Waals surface area (Å²) in [6.45, 7) is 5.65. The Hall–Kier alpha value is -1.75. The number of ether oxygens (including phenoxy) is 1. The van der Waals surface area contributed by atoms with Gasteiger partial charge in [0, 0.05) is 19.1 Å². The van der Waals surface area contributed by atoms with Crippen molar-refractivity contribution in [3.63, 3.8) is 0 Å². The molecule has 1 aromatic carbocycles. The molecule has 1 rings (SSSR count). The Morgan fingerprint density at radius 1 is 1.40 bits per heavy atom. The predicted octanol–water partition coefficient (Wildman–Crippen LogP) is 2.07. The van der Waals surface area contributed by atoms with Crippen LogP contribution in [0.15, 0.2) is 24.3 Å². The Balaban J connectivity index is 2.46. The van der Waals surface area contributed by atoms with Crippen LogP contribution in [0.5, 0.6) is 5.75 Å². The predicted molar refractivity (Wildman–Crippen MR) is 76.6 cm³/mol. The number of carbonyl (C=O) groups is 1. The number of aliphatic hydroxyl groups is 1. The van der Waals surface area contributed by atoms with E-state index in [1.165, 1.54) is 0 Å². The summed E-state index contributed by atoms with van der Waals surface area (Å²) in [6, 6.07) is 6.86. The summed E-state index contributed by atoms with van der Waals surface area (Å²) in [5, 5.41) is 21.4. The van der Waals surface area contributed by atoms with E-state index in [9.17, 15) is 15.0 Å². The average Bonchev–Trinajstić information content (AvgIpc) is 2.32. The number of amides is 1. The number of hydrogen-bond acceptors (Lipinski definition) is 4. The molecule has 5 heteroatoms. The quantitative estimate of drug-likeness (QED) is 0.772. The molecule has 0 heterocycles. The van der Waals surface area contributed by atoms with Gasteiger partial charge >= 0.3 is 6.09 Å². The minimum Gasteiger partial charge on any atom is -0.508 e. The van der Waals surface area contributed by atoms with Crippen LogP contribution in [0, 0.1) is 5.92 Å². The molecule has 0 spiro atoms. The first kappa shape index (κ1) is 16.3. The summed E-state index contributed by atoms with van der Waals surface area (Å²) in [5.41, 5.74) is 0.374. The van der Waals surface area contributed by atoms with Crippen LogP contribution in [0.1, 0.15) is 26.3 Å². The highest BCUT2D eigenvalue weighted by molar-refractivity contribution is 5.67. The van der Waals surface area contributed by atoms with Gasteiger partial charge in [0.1, 0.15) is 11.4 Å². The normalized spacial score (nSPS) is 12.8. The van der Waals surface area contributed by atoms with E-state index >= 15 is 0 Å². The molecule has 0 saturated heterocycles. The summed E-state index contributed by atoms with van der Waals surface area (Å²) in [6.07, 6.45) is 0.0765. The van der Waals surface area contributed by atoms with E-state index < -0.39 is 11.7 Å². The molecule has 0 radical (unpaired) electrons. The van der Waals surface area contributed by atoms with Crippen molar-refractivity contribution in [1.82, 2.24) is 5.32 Å². The summed E-state index contributed by atoms with van der Waals surface area (Å²) in [7, 11) is 0. The fourth-order valence-electron chi connectivity index (χ4n) is 1.76. The van der Waals surface area contributed by atoms with Crippen LogP contribution in [0.2, 0.25) is 0 Å². The van der Waals surface area contributed by atoms with E-state index in [4.69, 9.17) is 4.74 Å². The summed E-state index contributed by atoms with van der Waals surface area (Å²) >= 11 is 0. The topological polar surface area (TPSA) is 78.8 Å². The fraction of sp³-hybridized carbons (Fsp3) is 0.533. The number of nitrogens with one attached hydrogen (secondary N) is 1. The van der Waals surface area contributed by atoms with Crippen LogP contribution in [0.4, 0.5) is 4.79 Å². The summed E-state index contributed by atoms with van der Waals surface area (Å²) in [4.78, 5) is 11.5. The van der Waals surface area contributed by atoms with E-state index in [2.05, 4.69) is 5.32 Å². The van der Waals surface area contributed by atoms with Gasteiger partial charge in [-0.25, -0.2) is 4.79 Å². The van der Waals surface area contributed by atoms with Gasteiger partial charge in [-0.1, -0.05) is 12.1 Å². The molecule has 1 atom stereocenters. The molecule has 112 valence electrons. The molecule has 1 aromatic rings. The first-order valence-corrected chi connectivity index (χ1v) is 6.66. The molecular weight excluding hydrogens is 258 g/mol. The SMILES string of the molecule is CC(C)(C)OC(=O)NCC(CO)Cc1cccc(O)c1. The number of hydrogen-bond donors (Lipinski definition) is 3. The van der Waals surface area contributed by atoms with E-state index in [0.29, 0.717) is 13.0 Å². The van der Waals surface area contributed by atoms with E-state index in [0.717, 1.165) is 5.56 Å². The lowest BCUT2D eigenvalue weighted by molar-refractivity contribution is 0.0512. The summed E-state index contributed by atoms with van der Waals surface area (Å²) in [5.74, 6) is 0.0728. The molecule has 0 aliphatic carbocycles. The zero-order valence-corrected chi connectivity index (χ0v) is 12.2. The van der Waals surface area contributed by atoms with Gasteiger partial charge < -0.3 is 20.3 Å². The Bertz CT molecular complexity index is 440. The number of alkyl carbamates (subject to hydrolysis) is 1. The smallest absolute Gasteiger partial charge is 0.407 e. The van der Waals surface area contributed by atoms with Crippen molar-refractivity contribution in [2.24, 2.45) is 5.92 Å². The lowest BCUT2D eigenvalue weighted by Gasteiger charge is -2.21. The molecule has 0 saturated carbocycles. The number of aliphatic hydroxyl groups excluding tert-OH is 1. The lowest BCUT2D eigenvalue weighted by atomic mass is 10.00. The number of phenols is 1.